The Kier molecular flexibility index (Phi) is 7.67. The van der Waals surface area contributed by atoms with Crippen molar-refractivity contribution in [2.45, 2.75) is 77.9 Å². The van der Waals surface area contributed by atoms with Gasteiger partial charge < -0.3 is 9.63 Å². The number of benzene rings is 1. The van der Waals surface area contributed by atoms with Gasteiger partial charge in [0.1, 0.15) is 5.76 Å². The molecule has 1 aliphatic heterocycles. The zero-order valence-corrected chi connectivity index (χ0v) is 21.3. The molecule has 0 aliphatic carbocycles. The van der Waals surface area contributed by atoms with Gasteiger partial charge >= 0.3 is 0 Å². The summed E-state index contributed by atoms with van der Waals surface area (Å²) in [7, 11) is 0. The zero-order valence-electron chi connectivity index (χ0n) is 20.5. The molecule has 0 spiro atoms. The van der Waals surface area contributed by atoms with E-state index in [1.807, 2.05) is 12.4 Å². The van der Waals surface area contributed by atoms with Crippen LogP contribution in [0.25, 0.3) is 10.4 Å². The number of aromatic nitrogens is 2. The summed E-state index contributed by atoms with van der Waals surface area (Å²) in [6.07, 6.45) is 2.82. The van der Waals surface area contributed by atoms with Crippen LogP contribution in [0.1, 0.15) is 74.6 Å². The predicted molar refractivity (Wildman–Crippen MR) is 135 cm³/mol. The van der Waals surface area contributed by atoms with Gasteiger partial charge in [-0.15, -0.1) is 11.3 Å². The Bertz CT molecular complexity index is 1030. The van der Waals surface area contributed by atoms with Crippen molar-refractivity contribution in [3.8, 4) is 10.4 Å². The molecule has 178 valence electrons. The number of rotatable bonds is 9. The van der Waals surface area contributed by atoms with Gasteiger partial charge in [-0.05, 0) is 56.1 Å². The van der Waals surface area contributed by atoms with Crippen LogP contribution < -0.4 is 0 Å². The van der Waals surface area contributed by atoms with Crippen molar-refractivity contribution in [1.82, 2.24) is 15.0 Å². The van der Waals surface area contributed by atoms with Crippen molar-refractivity contribution in [3.05, 3.63) is 58.6 Å². The Balaban J connectivity index is 1.37. The van der Waals surface area contributed by atoms with E-state index in [9.17, 15) is 5.11 Å². The fourth-order valence-corrected chi connectivity index (χ4v) is 5.88. The molecule has 5 nitrogen and oxygen atoms in total. The monoisotopic (exact) mass is 467 g/mol. The number of β-amino-alcohol motifs (C(OH)–C–C–N with tert-alkyl or cyclic N) is 1. The number of thiazole rings is 1. The Morgan fingerprint density at radius 1 is 1.18 bits per heavy atom. The van der Waals surface area contributed by atoms with Crippen molar-refractivity contribution in [2.75, 3.05) is 13.1 Å². The molecule has 3 aromatic rings. The zero-order chi connectivity index (χ0) is 23.5. The lowest BCUT2D eigenvalue weighted by Crippen LogP contribution is -2.35. The lowest BCUT2D eigenvalue weighted by atomic mass is 9.90. The highest BCUT2D eigenvalue weighted by Gasteiger charge is 2.34. The Labute approximate surface area is 201 Å². The first-order chi connectivity index (χ1) is 15.8. The van der Waals surface area contributed by atoms with E-state index in [0.29, 0.717) is 23.8 Å². The predicted octanol–water partition coefficient (Wildman–Crippen LogP) is 6.17. The third-order valence-corrected chi connectivity index (χ3v) is 8.15. The molecule has 1 fully saturated rings. The molecule has 3 heterocycles. The number of likely N-dealkylation sites (tertiary alicyclic amines) is 1. The Morgan fingerprint density at radius 3 is 2.55 bits per heavy atom. The smallest absolute Gasteiger partial charge is 0.141 e. The minimum Gasteiger partial charge on any atom is -0.392 e. The van der Waals surface area contributed by atoms with E-state index >= 15 is 0 Å². The molecule has 1 saturated heterocycles. The molecule has 1 aromatic carbocycles. The van der Waals surface area contributed by atoms with Crippen LogP contribution in [0.5, 0.6) is 0 Å². The van der Waals surface area contributed by atoms with Crippen LogP contribution in [0.4, 0.5) is 0 Å². The number of aryl methyl sites for hydroxylation is 2. The van der Waals surface area contributed by atoms with Crippen molar-refractivity contribution >= 4 is 11.3 Å². The summed E-state index contributed by atoms with van der Waals surface area (Å²) in [5.74, 6) is 2.20. The summed E-state index contributed by atoms with van der Waals surface area (Å²) in [6, 6.07) is 11.5. The van der Waals surface area contributed by atoms with Gasteiger partial charge in [0.2, 0.25) is 0 Å². The van der Waals surface area contributed by atoms with Gasteiger partial charge in [0, 0.05) is 31.1 Å². The normalized spacial score (nSPS) is 21.1. The molecule has 0 amide bonds. The van der Waals surface area contributed by atoms with Crippen molar-refractivity contribution in [1.29, 1.82) is 0 Å². The van der Waals surface area contributed by atoms with Gasteiger partial charge in [-0.3, -0.25) is 4.90 Å². The molecule has 4 atom stereocenters. The van der Waals surface area contributed by atoms with Crippen LogP contribution in [0.2, 0.25) is 0 Å². The number of nitrogens with zero attached hydrogens (tertiary/aromatic N) is 3. The van der Waals surface area contributed by atoms with Gasteiger partial charge in [0.15, 0.2) is 0 Å². The van der Waals surface area contributed by atoms with Gasteiger partial charge in [0.05, 0.1) is 27.9 Å². The van der Waals surface area contributed by atoms with Crippen LogP contribution >= 0.6 is 11.3 Å². The topological polar surface area (TPSA) is 62.4 Å². The summed E-state index contributed by atoms with van der Waals surface area (Å²) < 4.78 is 5.62. The molecule has 6 heteroatoms. The summed E-state index contributed by atoms with van der Waals surface area (Å²) in [6.45, 7) is 12.5. The van der Waals surface area contributed by atoms with Crippen molar-refractivity contribution < 1.29 is 9.63 Å². The molecular weight excluding hydrogens is 430 g/mol. The second kappa shape index (κ2) is 10.5. The second-order valence-corrected chi connectivity index (χ2v) is 10.9. The van der Waals surface area contributed by atoms with E-state index < -0.39 is 0 Å². The number of aliphatic hydroxyl groups is 1. The average molecular weight is 468 g/mol. The molecule has 0 unspecified atom stereocenters. The minimum atomic E-state index is -0.239. The van der Waals surface area contributed by atoms with Gasteiger partial charge in [0.25, 0.3) is 0 Å². The third-order valence-electron chi connectivity index (χ3n) is 7.17. The summed E-state index contributed by atoms with van der Waals surface area (Å²) in [4.78, 5) is 8.11. The number of hydrogen-bond donors (Lipinski definition) is 1. The maximum Gasteiger partial charge on any atom is 0.141 e. The largest absolute Gasteiger partial charge is 0.392 e. The van der Waals surface area contributed by atoms with E-state index in [4.69, 9.17) is 4.52 Å². The highest BCUT2D eigenvalue weighted by Crippen LogP contribution is 2.33. The Hall–Kier alpha value is -2.02. The lowest BCUT2D eigenvalue weighted by Gasteiger charge is -2.30. The van der Waals surface area contributed by atoms with E-state index in [1.165, 1.54) is 16.0 Å². The summed E-state index contributed by atoms with van der Waals surface area (Å²) in [5, 5.41) is 14.5. The van der Waals surface area contributed by atoms with Crippen LogP contribution in [0, 0.1) is 19.8 Å². The highest BCUT2D eigenvalue weighted by atomic mass is 32.1. The molecule has 33 heavy (non-hydrogen) atoms. The maximum atomic E-state index is 10.4. The van der Waals surface area contributed by atoms with Gasteiger partial charge in [-0.25, -0.2) is 4.98 Å². The standard InChI is InChI=1S/C27H37N3O2S/c1-17(2)25(26-12-19(4)29-32-26)15-30-14-24(31)13-23(30)11-6-18(3)21-7-9-22(10-8-21)27-20(5)28-16-33-27/h7-10,12,16-18,23-25,31H,6,11,13-15H2,1-5H3/t18-,23-,24-,25-/m1/s1. The quantitative estimate of drug-likeness (QED) is 0.407. The number of aliphatic hydroxyl groups excluding tert-OH is 1. The lowest BCUT2D eigenvalue weighted by molar-refractivity contribution is 0.160. The van der Waals surface area contributed by atoms with Crippen LogP contribution in [-0.2, 0) is 0 Å². The van der Waals surface area contributed by atoms with E-state index in [1.54, 1.807) is 11.3 Å². The first-order valence-electron chi connectivity index (χ1n) is 12.2. The van der Waals surface area contributed by atoms with Crippen LogP contribution in [0.15, 0.2) is 40.4 Å². The maximum absolute atomic E-state index is 10.4. The molecule has 0 bridgehead atoms. The fraction of sp³-hybridized carbons (Fsp3) is 0.556. The molecule has 1 aliphatic rings. The minimum absolute atomic E-state index is 0.239. The summed E-state index contributed by atoms with van der Waals surface area (Å²) >= 11 is 1.70. The third kappa shape index (κ3) is 5.73. The van der Waals surface area contributed by atoms with Crippen molar-refractivity contribution in [2.24, 2.45) is 5.92 Å². The fourth-order valence-electron chi connectivity index (χ4n) is 5.07. The molecule has 1 N–H and O–H groups in total. The highest BCUT2D eigenvalue weighted by molar-refractivity contribution is 7.13. The van der Waals surface area contributed by atoms with E-state index in [0.717, 1.165) is 49.5 Å². The molecule has 0 radical (unpaired) electrons. The average Bonchev–Trinajstić information content (AvgIpc) is 3.50. The molecule has 0 saturated carbocycles. The second-order valence-electron chi connectivity index (χ2n) is 10.1. The SMILES string of the molecule is Cc1cc([C@H](CN2C[C@H](O)C[C@H]2CC[C@@H](C)c2ccc(-c3scnc3C)cc2)C(C)C)on1. The Morgan fingerprint density at radius 2 is 1.94 bits per heavy atom. The summed E-state index contributed by atoms with van der Waals surface area (Å²) in [5.41, 5.74) is 6.57. The van der Waals surface area contributed by atoms with Crippen molar-refractivity contribution in [3.63, 3.8) is 0 Å². The molecule has 2 aromatic heterocycles. The van der Waals surface area contributed by atoms with Gasteiger partial charge in [-0.2, -0.15) is 0 Å². The first-order valence-corrected chi connectivity index (χ1v) is 13.1. The van der Waals surface area contributed by atoms with Gasteiger partial charge in [-0.1, -0.05) is 50.2 Å². The first kappa shape index (κ1) is 24.1. The van der Waals surface area contributed by atoms with Crippen LogP contribution in [-0.4, -0.2) is 45.4 Å². The van der Waals surface area contributed by atoms with E-state index in [-0.39, 0.29) is 6.10 Å². The number of hydrogen-bond acceptors (Lipinski definition) is 6. The van der Waals surface area contributed by atoms with E-state index in [2.05, 4.69) is 73.1 Å². The van der Waals surface area contributed by atoms with Crippen LogP contribution in [0.3, 0.4) is 0 Å². The molecule has 4 rings (SSSR count). The molecular formula is C27H37N3O2S.